The Morgan fingerprint density at radius 2 is 2.14 bits per heavy atom. The molecular weight excluding hydrogens is 178 g/mol. The van der Waals surface area contributed by atoms with Crippen LogP contribution in [0, 0.1) is 11.3 Å². The molecule has 0 spiro atoms. The van der Waals surface area contributed by atoms with E-state index in [1.807, 2.05) is 12.1 Å². The number of hydrogen-bond acceptors (Lipinski definition) is 3. The molecule has 14 heavy (non-hydrogen) atoms. The number of nitriles is 1. The van der Waals surface area contributed by atoms with Gasteiger partial charge in [-0.1, -0.05) is 12.1 Å². The summed E-state index contributed by atoms with van der Waals surface area (Å²) in [5, 5.41) is 9.27. The molecule has 0 unspecified atom stereocenters. The molecule has 0 amide bonds. The van der Waals surface area contributed by atoms with Gasteiger partial charge in [0, 0.05) is 7.05 Å². The van der Waals surface area contributed by atoms with E-state index in [9.17, 15) is 4.79 Å². The Morgan fingerprint density at radius 1 is 1.43 bits per heavy atom. The Morgan fingerprint density at radius 3 is 2.86 bits per heavy atom. The van der Waals surface area contributed by atoms with Crippen LogP contribution in [0.15, 0.2) is 29.1 Å². The molecule has 0 saturated carbocycles. The Bertz CT molecular complexity index is 592. The maximum Gasteiger partial charge on any atom is 0.281 e. The van der Waals surface area contributed by atoms with Crippen molar-refractivity contribution in [2.24, 2.45) is 7.05 Å². The van der Waals surface area contributed by atoms with E-state index in [1.165, 1.54) is 0 Å². The smallest absolute Gasteiger partial charge is 0.281 e. The fourth-order valence-corrected chi connectivity index (χ4v) is 1.39. The monoisotopic (exact) mass is 185 g/mol. The van der Waals surface area contributed by atoms with Crippen molar-refractivity contribution in [3.63, 3.8) is 0 Å². The highest BCUT2D eigenvalue weighted by atomic mass is 16.1. The molecule has 68 valence electrons. The largest absolute Gasteiger partial charge is 0.320 e. The second kappa shape index (κ2) is 2.96. The van der Waals surface area contributed by atoms with Gasteiger partial charge in [0.05, 0.1) is 10.9 Å². The number of hydrogen-bond donors (Lipinski definition) is 0. The van der Waals surface area contributed by atoms with Crippen LogP contribution in [0.25, 0.3) is 10.9 Å². The summed E-state index contributed by atoms with van der Waals surface area (Å²) in [6.07, 6.45) is 0. The van der Waals surface area contributed by atoms with Crippen molar-refractivity contribution in [3.05, 3.63) is 40.4 Å². The number of para-hydroxylation sites is 1. The van der Waals surface area contributed by atoms with Crippen molar-refractivity contribution >= 4 is 10.9 Å². The first-order chi connectivity index (χ1) is 6.74. The van der Waals surface area contributed by atoms with Crippen LogP contribution in [0.4, 0.5) is 0 Å². The topological polar surface area (TPSA) is 58.7 Å². The average Bonchev–Trinajstić information content (AvgIpc) is 2.23. The van der Waals surface area contributed by atoms with Gasteiger partial charge in [0.15, 0.2) is 0 Å². The first kappa shape index (κ1) is 8.45. The molecule has 4 heteroatoms. The summed E-state index contributed by atoms with van der Waals surface area (Å²) >= 11 is 0. The lowest BCUT2D eigenvalue weighted by Gasteiger charge is -2.04. The lowest BCUT2D eigenvalue weighted by Crippen LogP contribution is -2.14. The van der Waals surface area contributed by atoms with E-state index in [4.69, 9.17) is 5.26 Å². The second-order valence-electron chi connectivity index (χ2n) is 2.93. The van der Waals surface area contributed by atoms with Crippen molar-refractivity contribution in [1.82, 2.24) is 9.55 Å². The van der Waals surface area contributed by atoms with Crippen molar-refractivity contribution in [2.75, 3.05) is 0 Å². The molecule has 0 aliphatic rings. The van der Waals surface area contributed by atoms with Crippen molar-refractivity contribution in [3.8, 4) is 6.07 Å². The third-order valence-electron chi connectivity index (χ3n) is 2.12. The van der Waals surface area contributed by atoms with Gasteiger partial charge in [0.25, 0.3) is 5.56 Å². The van der Waals surface area contributed by atoms with E-state index in [2.05, 4.69) is 4.98 Å². The Kier molecular flexibility index (Phi) is 1.79. The molecule has 1 aromatic carbocycles. The number of benzene rings is 1. The van der Waals surface area contributed by atoms with Crippen LogP contribution in [-0.2, 0) is 7.05 Å². The first-order valence-corrected chi connectivity index (χ1v) is 4.10. The molecule has 1 aromatic heterocycles. The fourth-order valence-electron chi connectivity index (χ4n) is 1.39. The number of aryl methyl sites for hydroxylation is 1. The highest BCUT2D eigenvalue weighted by Crippen LogP contribution is 2.08. The molecule has 4 nitrogen and oxygen atoms in total. The molecule has 2 rings (SSSR count). The quantitative estimate of drug-likeness (QED) is 0.610. The van der Waals surface area contributed by atoms with Gasteiger partial charge >= 0.3 is 0 Å². The Hall–Kier alpha value is -2.15. The molecule has 0 aliphatic carbocycles. The molecule has 1 heterocycles. The predicted molar refractivity (Wildman–Crippen MR) is 51.7 cm³/mol. The molecule has 0 fully saturated rings. The molecular formula is C10H7N3O. The fraction of sp³-hybridized carbons (Fsp3) is 0.100. The summed E-state index contributed by atoms with van der Waals surface area (Å²) in [4.78, 5) is 15.1. The van der Waals surface area contributed by atoms with Gasteiger partial charge < -0.3 is 4.57 Å². The summed E-state index contributed by atoms with van der Waals surface area (Å²) in [6.45, 7) is 0. The van der Waals surface area contributed by atoms with Crippen molar-refractivity contribution in [1.29, 1.82) is 5.26 Å². The van der Waals surface area contributed by atoms with Crippen molar-refractivity contribution < 1.29 is 0 Å². The number of nitrogens with zero attached hydrogens (tertiary/aromatic N) is 3. The first-order valence-electron chi connectivity index (χ1n) is 4.10. The van der Waals surface area contributed by atoms with Gasteiger partial charge in [-0.25, -0.2) is 0 Å². The minimum atomic E-state index is -0.352. The molecule has 0 atom stereocenters. The Labute approximate surface area is 80.0 Å². The SMILES string of the molecule is Cn1c(C#N)nc(=O)c2ccccc21. The molecule has 0 saturated heterocycles. The molecule has 0 N–H and O–H groups in total. The standard InChI is InChI=1S/C10H7N3O/c1-13-8-5-3-2-4-7(8)10(14)12-9(13)6-11/h2-5H,1H3. The normalized spacial score (nSPS) is 10.0. The van der Waals surface area contributed by atoms with E-state index in [-0.39, 0.29) is 11.4 Å². The number of aromatic nitrogens is 2. The summed E-state index contributed by atoms with van der Waals surface area (Å²) in [7, 11) is 1.72. The molecule has 2 aromatic rings. The van der Waals surface area contributed by atoms with Gasteiger partial charge in [-0.2, -0.15) is 10.2 Å². The summed E-state index contributed by atoms with van der Waals surface area (Å²) < 4.78 is 1.61. The van der Waals surface area contributed by atoms with Gasteiger partial charge in [0.1, 0.15) is 6.07 Å². The minimum absolute atomic E-state index is 0.133. The van der Waals surface area contributed by atoms with Crippen LogP contribution in [0.5, 0.6) is 0 Å². The lowest BCUT2D eigenvalue weighted by atomic mass is 10.2. The van der Waals surface area contributed by atoms with Gasteiger partial charge in [-0.05, 0) is 12.1 Å². The predicted octanol–water partition coefficient (Wildman–Crippen LogP) is 0.805. The zero-order valence-electron chi connectivity index (χ0n) is 7.56. The van der Waals surface area contributed by atoms with Crippen LogP contribution in [0.3, 0.4) is 0 Å². The van der Waals surface area contributed by atoms with E-state index in [0.717, 1.165) is 5.52 Å². The van der Waals surface area contributed by atoms with E-state index < -0.39 is 0 Å². The maximum absolute atomic E-state index is 11.4. The number of rotatable bonds is 0. The van der Waals surface area contributed by atoms with E-state index in [0.29, 0.717) is 5.39 Å². The van der Waals surface area contributed by atoms with E-state index in [1.54, 1.807) is 29.8 Å². The summed E-state index contributed by atoms with van der Waals surface area (Å²) in [5.74, 6) is 0.133. The molecule has 0 aliphatic heterocycles. The van der Waals surface area contributed by atoms with Crippen LogP contribution >= 0.6 is 0 Å². The Balaban J connectivity index is 3.04. The summed E-state index contributed by atoms with van der Waals surface area (Å²) in [6, 6.07) is 8.97. The highest BCUT2D eigenvalue weighted by molar-refractivity contribution is 5.78. The van der Waals surface area contributed by atoms with Crippen LogP contribution in [0.1, 0.15) is 5.82 Å². The van der Waals surface area contributed by atoms with Crippen LogP contribution < -0.4 is 5.56 Å². The minimum Gasteiger partial charge on any atom is -0.320 e. The zero-order valence-corrected chi connectivity index (χ0v) is 7.56. The van der Waals surface area contributed by atoms with Gasteiger partial charge in [-0.15, -0.1) is 0 Å². The summed E-state index contributed by atoms with van der Waals surface area (Å²) in [5.41, 5.74) is 0.374. The van der Waals surface area contributed by atoms with Gasteiger partial charge in [0.2, 0.25) is 5.82 Å². The zero-order chi connectivity index (χ0) is 10.1. The third kappa shape index (κ3) is 1.07. The molecule has 0 radical (unpaired) electrons. The highest BCUT2D eigenvalue weighted by Gasteiger charge is 2.05. The third-order valence-corrected chi connectivity index (χ3v) is 2.12. The van der Waals surface area contributed by atoms with E-state index >= 15 is 0 Å². The van der Waals surface area contributed by atoms with Crippen LogP contribution in [-0.4, -0.2) is 9.55 Å². The van der Waals surface area contributed by atoms with Gasteiger partial charge in [-0.3, -0.25) is 4.79 Å². The molecule has 0 bridgehead atoms. The van der Waals surface area contributed by atoms with Crippen molar-refractivity contribution in [2.45, 2.75) is 0 Å². The number of fused-ring (bicyclic) bond motifs is 1. The van der Waals surface area contributed by atoms with Crippen LogP contribution in [0.2, 0.25) is 0 Å². The second-order valence-corrected chi connectivity index (χ2v) is 2.93. The maximum atomic E-state index is 11.4. The average molecular weight is 185 g/mol. The lowest BCUT2D eigenvalue weighted by molar-refractivity contribution is 0.874.